The lowest BCUT2D eigenvalue weighted by Gasteiger charge is -2.21. The Labute approximate surface area is 191 Å². The summed E-state index contributed by atoms with van der Waals surface area (Å²) < 4.78 is 26.4. The smallest absolute Gasteiger partial charge is 0.192 e. The number of halogens is 1. The minimum Gasteiger partial charge on any atom is -0.482 e. The lowest BCUT2D eigenvalue weighted by Crippen LogP contribution is -2.15. The monoisotopic (exact) mass is 447 g/mol. The number of nitrogens with two attached hydrogens (primary N) is 2. The minimum atomic E-state index is -0.524. The van der Waals surface area contributed by atoms with Crippen LogP contribution in [0.2, 0.25) is 0 Å². The van der Waals surface area contributed by atoms with Gasteiger partial charge in [0, 0.05) is 42.8 Å². The van der Waals surface area contributed by atoms with Crippen molar-refractivity contribution in [3.8, 4) is 17.1 Å². The van der Waals surface area contributed by atoms with Crippen LogP contribution in [0, 0.1) is 18.7 Å². The van der Waals surface area contributed by atoms with Crippen molar-refractivity contribution in [3.05, 3.63) is 70.8 Å². The number of hydrogen-bond donors (Lipinski definition) is 2. The van der Waals surface area contributed by atoms with Gasteiger partial charge in [0.1, 0.15) is 11.9 Å². The second kappa shape index (κ2) is 8.35. The van der Waals surface area contributed by atoms with E-state index in [9.17, 15) is 4.39 Å². The summed E-state index contributed by atoms with van der Waals surface area (Å²) in [4.78, 5) is 13.9. The number of oxazole rings is 1. The van der Waals surface area contributed by atoms with Crippen molar-refractivity contribution in [2.75, 3.05) is 12.3 Å². The molecule has 8 heteroatoms. The molecule has 3 heterocycles. The fourth-order valence-electron chi connectivity index (χ4n) is 4.11. The maximum atomic E-state index is 14.2. The van der Waals surface area contributed by atoms with Gasteiger partial charge < -0.3 is 20.6 Å². The number of aromatic nitrogens is 2. The van der Waals surface area contributed by atoms with Crippen LogP contribution in [0.5, 0.6) is 5.75 Å². The molecule has 1 unspecified atom stereocenters. The summed E-state index contributed by atoms with van der Waals surface area (Å²) in [7, 11) is 0. The molecule has 1 aromatic carbocycles. The standard InChI is InChI=1S/C25H26FN5O2/c1-13-20-9-18(26)5-6-19(20)24-21(31-14(2)33-24)7-16(10-27)23(29-11-15-3-4-15)17-8-22(32-13)25(28)30-12-17/h5-6,8-10,12-13,15H,3-4,7,11,27H2,1-2H3,(H2,28,30). The number of nitrogens with zero attached hydrogens (tertiary/aromatic N) is 3. The summed E-state index contributed by atoms with van der Waals surface area (Å²) in [5, 5.41) is 0. The Hall–Kier alpha value is -3.68. The second-order valence-corrected chi connectivity index (χ2v) is 8.61. The zero-order valence-electron chi connectivity index (χ0n) is 18.6. The zero-order chi connectivity index (χ0) is 23.1. The molecular formula is C25H26FN5O2. The Morgan fingerprint density at radius 1 is 1.27 bits per heavy atom. The Bertz CT molecular complexity index is 1280. The summed E-state index contributed by atoms with van der Waals surface area (Å²) in [6, 6.07) is 6.36. The number of benzene rings is 1. The lowest BCUT2D eigenvalue weighted by atomic mass is 9.95. The number of hydrogen-bond acceptors (Lipinski definition) is 7. The van der Waals surface area contributed by atoms with Gasteiger partial charge in [-0.25, -0.2) is 14.4 Å². The fraction of sp³-hybridized carbons (Fsp3) is 0.320. The quantitative estimate of drug-likeness (QED) is 0.598. The van der Waals surface area contributed by atoms with Crippen molar-refractivity contribution in [1.29, 1.82) is 0 Å². The fourth-order valence-corrected chi connectivity index (χ4v) is 4.11. The Balaban J connectivity index is 1.72. The molecule has 7 nitrogen and oxygen atoms in total. The number of nitrogen functional groups attached to an aromatic ring is 1. The number of aliphatic imine (C=N–C) groups is 1. The number of aryl methyl sites for hydroxylation is 1. The predicted molar refractivity (Wildman–Crippen MR) is 124 cm³/mol. The van der Waals surface area contributed by atoms with E-state index in [1.54, 1.807) is 25.4 Å². The van der Waals surface area contributed by atoms with E-state index in [4.69, 9.17) is 25.6 Å². The molecule has 0 amide bonds. The van der Waals surface area contributed by atoms with Gasteiger partial charge in [0.15, 0.2) is 23.2 Å². The summed E-state index contributed by atoms with van der Waals surface area (Å²) >= 11 is 0. The van der Waals surface area contributed by atoms with Gasteiger partial charge in [-0.05, 0) is 61.7 Å². The Kier molecular flexibility index (Phi) is 5.36. The first-order valence-electron chi connectivity index (χ1n) is 11.1. The van der Waals surface area contributed by atoms with Gasteiger partial charge in [-0.1, -0.05) is 0 Å². The van der Waals surface area contributed by atoms with Crippen LogP contribution in [-0.2, 0) is 6.42 Å². The van der Waals surface area contributed by atoms with E-state index >= 15 is 0 Å². The van der Waals surface area contributed by atoms with Gasteiger partial charge in [0.05, 0.1) is 11.4 Å². The molecule has 5 rings (SSSR count). The first-order chi connectivity index (χ1) is 15.9. The van der Waals surface area contributed by atoms with Crippen molar-refractivity contribution in [2.24, 2.45) is 16.6 Å². The summed E-state index contributed by atoms with van der Waals surface area (Å²) in [6.07, 6.45) is 5.48. The van der Waals surface area contributed by atoms with Gasteiger partial charge in [-0.3, -0.25) is 4.99 Å². The van der Waals surface area contributed by atoms with Crippen LogP contribution in [0.3, 0.4) is 0 Å². The molecule has 2 aliphatic rings. The summed E-state index contributed by atoms with van der Waals surface area (Å²) in [5.74, 6) is 1.96. The summed E-state index contributed by atoms with van der Waals surface area (Å²) in [5.41, 5.74) is 16.5. The van der Waals surface area contributed by atoms with Crippen LogP contribution in [0.25, 0.3) is 11.3 Å². The largest absolute Gasteiger partial charge is 0.482 e. The van der Waals surface area contributed by atoms with Crippen molar-refractivity contribution < 1.29 is 13.5 Å². The molecule has 33 heavy (non-hydrogen) atoms. The third-order valence-electron chi connectivity index (χ3n) is 6.03. The number of rotatable bonds is 2. The minimum absolute atomic E-state index is 0.247. The van der Waals surface area contributed by atoms with Crippen molar-refractivity contribution >= 4 is 11.5 Å². The van der Waals surface area contributed by atoms with E-state index < -0.39 is 6.10 Å². The average Bonchev–Trinajstić information content (AvgIpc) is 3.55. The highest BCUT2D eigenvalue weighted by molar-refractivity contribution is 6.13. The van der Waals surface area contributed by atoms with Crippen LogP contribution >= 0.6 is 0 Å². The van der Waals surface area contributed by atoms with Crippen molar-refractivity contribution in [3.63, 3.8) is 0 Å². The third-order valence-corrected chi connectivity index (χ3v) is 6.03. The molecule has 2 aromatic heterocycles. The predicted octanol–water partition coefficient (Wildman–Crippen LogP) is 4.50. The molecule has 0 saturated heterocycles. The number of anilines is 1. The van der Waals surface area contributed by atoms with E-state index in [0.717, 1.165) is 23.4 Å². The van der Waals surface area contributed by atoms with E-state index in [2.05, 4.69) is 9.97 Å². The highest BCUT2D eigenvalue weighted by Crippen LogP contribution is 2.37. The zero-order valence-corrected chi connectivity index (χ0v) is 18.6. The lowest BCUT2D eigenvalue weighted by molar-refractivity contribution is 0.227. The maximum absolute atomic E-state index is 14.2. The molecule has 1 aliphatic heterocycles. The van der Waals surface area contributed by atoms with Gasteiger partial charge in [0.25, 0.3) is 0 Å². The number of pyridine rings is 1. The molecule has 3 aromatic rings. The molecule has 2 bridgehead atoms. The maximum Gasteiger partial charge on any atom is 0.192 e. The highest BCUT2D eigenvalue weighted by Gasteiger charge is 2.26. The van der Waals surface area contributed by atoms with Crippen molar-refractivity contribution in [1.82, 2.24) is 9.97 Å². The van der Waals surface area contributed by atoms with Gasteiger partial charge >= 0.3 is 0 Å². The first kappa shape index (κ1) is 21.2. The van der Waals surface area contributed by atoms with E-state index in [-0.39, 0.29) is 11.6 Å². The van der Waals surface area contributed by atoms with Gasteiger partial charge in [0.2, 0.25) is 0 Å². The molecule has 1 fully saturated rings. The third kappa shape index (κ3) is 4.20. The Morgan fingerprint density at radius 2 is 2.09 bits per heavy atom. The molecule has 170 valence electrons. The molecular weight excluding hydrogens is 421 g/mol. The molecule has 1 atom stereocenters. The molecule has 1 saturated carbocycles. The van der Waals surface area contributed by atoms with Gasteiger partial charge in [-0.15, -0.1) is 0 Å². The van der Waals surface area contributed by atoms with Crippen molar-refractivity contribution in [2.45, 2.75) is 39.2 Å². The van der Waals surface area contributed by atoms with Crippen LogP contribution in [0.1, 0.15) is 48.6 Å². The Morgan fingerprint density at radius 3 is 2.85 bits per heavy atom. The van der Waals surface area contributed by atoms with E-state index in [0.29, 0.717) is 46.6 Å². The molecule has 4 N–H and O–H groups in total. The SMILES string of the molecule is Cc1nc2c(o1)-c1ccc(F)cc1C(C)Oc1cc(cnc1N)C(=NCC1CC1)C(=CN)C2. The normalized spacial score (nSPS) is 20.5. The summed E-state index contributed by atoms with van der Waals surface area (Å²) in [6.45, 7) is 4.35. The van der Waals surface area contributed by atoms with E-state index in [1.165, 1.54) is 25.0 Å². The molecule has 0 spiro atoms. The molecule has 1 aliphatic carbocycles. The topological polar surface area (TPSA) is 113 Å². The number of ether oxygens (including phenoxy) is 1. The van der Waals surface area contributed by atoms with Crippen LogP contribution in [0.15, 0.2) is 51.6 Å². The first-order valence-corrected chi connectivity index (χ1v) is 11.1. The number of allylic oxidation sites excluding steroid dienone is 1. The average molecular weight is 448 g/mol. The van der Waals surface area contributed by atoms with Crippen LogP contribution in [-0.4, -0.2) is 22.2 Å². The van der Waals surface area contributed by atoms with E-state index in [1.807, 2.05) is 13.0 Å². The molecule has 0 radical (unpaired) electrons. The van der Waals surface area contributed by atoms with Gasteiger partial charge in [-0.2, -0.15) is 0 Å². The van der Waals surface area contributed by atoms with Crippen LogP contribution < -0.4 is 16.2 Å². The second-order valence-electron chi connectivity index (χ2n) is 8.61. The highest BCUT2D eigenvalue weighted by atomic mass is 19.1. The van der Waals surface area contributed by atoms with Crippen LogP contribution in [0.4, 0.5) is 10.2 Å². The number of fused-ring (bicyclic) bond motifs is 5.